The topological polar surface area (TPSA) is 37.3 Å². The molecule has 1 N–H and O–H groups in total. The molecule has 54 valence electrons. The van der Waals surface area contributed by atoms with Crippen LogP contribution in [0.3, 0.4) is 0 Å². The van der Waals surface area contributed by atoms with Crippen LogP contribution in [0, 0.1) is 0 Å². The molecule has 0 radical (unpaired) electrons. The maximum Gasteiger partial charge on any atom is 0.102 e. The maximum atomic E-state index is 10.9. The lowest BCUT2D eigenvalue weighted by Gasteiger charge is -1.94. The van der Waals surface area contributed by atoms with E-state index in [0.717, 1.165) is 0 Å². The second-order valence-electron chi connectivity index (χ2n) is 2.33. The summed E-state index contributed by atoms with van der Waals surface area (Å²) < 4.78 is 10.9. The largest absolute Gasteiger partial charge is 0.396 e. The van der Waals surface area contributed by atoms with E-state index in [2.05, 4.69) is 0 Å². The summed E-state index contributed by atoms with van der Waals surface area (Å²) in [4.78, 5) is 0. The van der Waals surface area contributed by atoms with Gasteiger partial charge in [0.05, 0.1) is 0 Å². The Morgan fingerprint density at radius 1 is 1.56 bits per heavy atom. The van der Waals surface area contributed by atoms with Crippen LogP contribution in [0.1, 0.15) is 6.42 Å². The molecule has 9 heavy (non-hydrogen) atoms. The first-order valence-electron chi connectivity index (χ1n) is 2.89. The number of aliphatic hydroxyl groups excluding tert-OH is 1. The van der Waals surface area contributed by atoms with Crippen LogP contribution in [0.2, 0.25) is 0 Å². The normalized spacial score (nSPS) is 12.8. The molecule has 0 fully saturated rings. The zero-order valence-electron chi connectivity index (χ0n) is 5.87. The molecule has 0 unspecified atom stereocenters. The molecule has 0 saturated carbocycles. The molecule has 0 aromatic heterocycles. The fraction of sp³-hybridized carbons (Fsp3) is 0.667. The molecule has 3 heteroatoms. The lowest BCUT2D eigenvalue weighted by molar-refractivity contribution is 0.302. The van der Waals surface area contributed by atoms with Gasteiger partial charge in [-0.05, 0) is 25.6 Å². The van der Waals surface area contributed by atoms with E-state index in [1.165, 1.54) is 0 Å². The van der Waals surface area contributed by atoms with Gasteiger partial charge in [-0.2, -0.15) is 0 Å². The van der Waals surface area contributed by atoms with Crippen LogP contribution < -0.4 is 0 Å². The summed E-state index contributed by atoms with van der Waals surface area (Å²) in [6, 6.07) is 0. The minimum absolute atomic E-state index is 0.135. The second kappa shape index (κ2) is 3.86. The van der Waals surface area contributed by atoms with E-state index in [1.54, 1.807) is 25.2 Å². The van der Waals surface area contributed by atoms with Gasteiger partial charge in [0.2, 0.25) is 0 Å². The van der Waals surface area contributed by atoms with E-state index in [4.69, 9.17) is 5.11 Å². The van der Waals surface area contributed by atoms with Gasteiger partial charge in [-0.25, -0.2) is 0 Å². The van der Waals surface area contributed by atoms with E-state index in [-0.39, 0.29) is 6.61 Å². The Kier molecular flexibility index (Phi) is 3.83. The van der Waals surface area contributed by atoms with Crippen LogP contribution in [0.4, 0.5) is 0 Å². The monoisotopic (exact) mass is 148 g/mol. The van der Waals surface area contributed by atoms with Gasteiger partial charge in [-0.15, -0.1) is 0 Å². The third-order valence-corrected chi connectivity index (χ3v) is 1.69. The highest BCUT2D eigenvalue weighted by Crippen LogP contribution is 2.37. The van der Waals surface area contributed by atoms with Crippen molar-refractivity contribution < 1.29 is 9.67 Å². The Morgan fingerprint density at radius 3 is 2.44 bits per heavy atom. The zero-order valence-corrected chi connectivity index (χ0v) is 6.77. The predicted molar refractivity (Wildman–Crippen MR) is 40.3 cm³/mol. The summed E-state index contributed by atoms with van der Waals surface area (Å²) in [6.45, 7) is 3.53. The zero-order chi connectivity index (χ0) is 7.33. The molecule has 0 heterocycles. The van der Waals surface area contributed by atoms with Crippen molar-refractivity contribution in [3.05, 3.63) is 11.9 Å². The van der Waals surface area contributed by atoms with Crippen molar-refractivity contribution in [1.82, 2.24) is 0 Å². The molecule has 0 rings (SSSR count). The molecule has 0 spiro atoms. The molecule has 0 aromatic rings. The average Bonchev–Trinajstić information content (AvgIpc) is 1.63. The highest BCUT2D eigenvalue weighted by atomic mass is 31.2. The smallest absolute Gasteiger partial charge is 0.102 e. The van der Waals surface area contributed by atoms with Crippen molar-refractivity contribution in [3.8, 4) is 0 Å². The van der Waals surface area contributed by atoms with Gasteiger partial charge >= 0.3 is 0 Å². The van der Waals surface area contributed by atoms with E-state index >= 15 is 0 Å². The average molecular weight is 148 g/mol. The summed E-state index contributed by atoms with van der Waals surface area (Å²) in [5, 5.41) is 8.32. The van der Waals surface area contributed by atoms with Crippen molar-refractivity contribution in [2.24, 2.45) is 0 Å². The van der Waals surface area contributed by atoms with Crippen LogP contribution in [-0.4, -0.2) is 25.0 Å². The summed E-state index contributed by atoms with van der Waals surface area (Å²) in [5.74, 6) is 1.67. The Hall–Kier alpha value is -0.0700. The van der Waals surface area contributed by atoms with Crippen molar-refractivity contribution >= 4 is 7.14 Å². The van der Waals surface area contributed by atoms with Crippen molar-refractivity contribution in [2.75, 3.05) is 19.9 Å². The fourth-order valence-corrected chi connectivity index (χ4v) is 1.06. The molecule has 0 atom stereocenters. The van der Waals surface area contributed by atoms with Crippen molar-refractivity contribution in [2.45, 2.75) is 6.42 Å². The highest BCUT2D eigenvalue weighted by molar-refractivity contribution is 7.65. The van der Waals surface area contributed by atoms with Crippen LogP contribution in [-0.2, 0) is 4.57 Å². The van der Waals surface area contributed by atoms with Crippen molar-refractivity contribution in [1.29, 1.82) is 0 Å². The number of aliphatic hydroxyl groups is 1. The molecule has 0 bridgehead atoms. The Bertz CT molecular complexity index is 134. The molecule has 0 amide bonds. The van der Waals surface area contributed by atoms with Crippen LogP contribution in [0.25, 0.3) is 0 Å². The molecule has 2 nitrogen and oxygen atoms in total. The van der Waals surface area contributed by atoms with Crippen LogP contribution >= 0.6 is 7.14 Å². The summed E-state index contributed by atoms with van der Waals surface area (Å²) in [7, 11) is -1.99. The minimum Gasteiger partial charge on any atom is -0.396 e. The van der Waals surface area contributed by atoms with E-state index in [1.807, 2.05) is 0 Å². The van der Waals surface area contributed by atoms with Gasteiger partial charge < -0.3 is 9.67 Å². The van der Waals surface area contributed by atoms with Gasteiger partial charge in [0.25, 0.3) is 0 Å². The SMILES string of the molecule is CP(C)(=O)/C=C/CCO. The van der Waals surface area contributed by atoms with Gasteiger partial charge in [-0.3, -0.25) is 0 Å². The first-order chi connectivity index (χ1) is 4.06. The lowest BCUT2D eigenvalue weighted by atomic mass is 10.5. The van der Waals surface area contributed by atoms with Crippen LogP contribution in [0.5, 0.6) is 0 Å². The lowest BCUT2D eigenvalue weighted by Crippen LogP contribution is -1.75. The molecule has 0 aliphatic rings. The maximum absolute atomic E-state index is 10.9. The molecule has 0 aliphatic heterocycles. The molecular formula is C6H13O2P. The quantitative estimate of drug-likeness (QED) is 0.616. The highest BCUT2D eigenvalue weighted by Gasteiger charge is 1.97. The standard InChI is InChI=1S/C6H13O2P/c1-9(2,8)6-4-3-5-7/h4,6-7H,3,5H2,1-2H3/b6-4+. The van der Waals surface area contributed by atoms with Gasteiger partial charge in [0, 0.05) is 6.61 Å². The summed E-state index contributed by atoms with van der Waals surface area (Å²) in [6.07, 6.45) is 2.35. The first-order valence-corrected chi connectivity index (χ1v) is 5.56. The minimum atomic E-state index is -1.99. The predicted octanol–water partition coefficient (Wildman–Crippen LogP) is 1.51. The van der Waals surface area contributed by atoms with Gasteiger partial charge in [0.15, 0.2) is 0 Å². The number of rotatable bonds is 3. The van der Waals surface area contributed by atoms with Gasteiger partial charge in [-0.1, -0.05) is 6.08 Å². The third-order valence-electron chi connectivity index (χ3n) is 0.760. The third kappa shape index (κ3) is 7.93. The van der Waals surface area contributed by atoms with E-state index in [0.29, 0.717) is 6.42 Å². The number of hydrogen-bond acceptors (Lipinski definition) is 2. The second-order valence-corrected chi connectivity index (χ2v) is 5.50. The van der Waals surface area contributed by atoms with E-state index in [9.17, 15) is 4.57 Å². The Labute approximate surface area is 56.0 Å². The molecular weight excluding hydrogens is 135 g/mol. The fourth-order valence-electron chi connectivity index (χ4n) is 0.403. The molecule has 0 aliphatic carbocycles. The number of hydrogen-bond donors (Lipinski definition) is 1. The first kappa shape index (κ1) is 8.93. The molecule has 0 aromatic carbocycles. The summed E-state index contributed by atoms with van der Waals surface area (Å²) in [5.41, 5.74) is 0. The Balaban J connectivity index is 3.58. The Morgan fingerprint density at radius 2 is 2.11 bits per heavy atom. The van der Waals surface area contributed by atoms with Gasteiger partial charge in [0.1, 0.15) is 7.14 Å². The molecule has 0 saturated heterocycles. The summed E-state index contributed by atoms with van der Waals surface area (Å²) >= 11 is 0. The van der Waals surface area contributed by atoms with Crippen LogP contribution in [0.15, 0.2) is 11.9 Å². The van der Waals surface area contributed by atoms with Crippen molar-refractivity contribution in [3.63, 3.8) is 0 Å². The van der Waals surface area contributed by atoms with E-state index < -0.39 is 7.14 Å².